The summed E-state index contributed by atoms with van der Waals surface area (Å²) in [5.74, 6) is 1.23. The van der Waals surface area contributed by atoms with Crippen LogP contribution >= 0.6 is 24.8 Å². The van der Waals surface area contributed by atoms with Gasteiger partial charge in [0.05, 0.1) is 25.6 Å². The van der Waals surface area contributed by atoms with E-state index in [4.69, 9.17) is 19.9 Å². The van der Waals surface area contributed by atoms with Crippen LogP contribution in [-0.4, -0.2) is 37.8 Å². The summed E-state index contributed by atoms with van der Waals surface area (Å²) in [5, 5.41) is 2.66. The number of amides is 1. The van der Waals surface area contributed by atoms with Crippen molar-refractivity contribution < 1.29 is 19.0 Å². The number of benzene rings is 1. The van der Waals surface area contributed by atoms with Gasteiger partial charge in [0.15, 0.2) is 11.5 Å². The number of rotatable bonds is 7. The van der Waals surface area contributed by atoms with E-state index >= 15 is 0 Å². The number of nitrogens with one attached hydrogen (secondary N) is 1. The highest BCUT2D eigenvalue weighted by molar-refractivity contribution is 5.94. The van der Waals surface area contributed by atoms with Crippen LogP contribution in [-0.2, 0) is 9.53 Å². The van der Waals surface area contributed by atoms with Gasteiger partial charge in [-0.15, -0.1) is 24.8 Å². The molecule has 0 spiro atoms. The highest BCUT2D eigenvalue weighted by Crippen LogP contribution is 2.31. The van der Waals surface area contributed by atoms with Crippen molar-refractivity contribution in [3.8, 4) is 17.4 Å². The predicted molar refractivity (Wildman–Crippen MR) is 105 cm³/mol. The monoisotopic (exact) mass is 403 g/mol. The van der Waals surface area contributed by atoms with Crippen LogP contribution in [0.2, 0.25) is 0 Å². The van der Waals surface area contributed by atoms with E-state index in [2.05, 4.69) is 10.3 Å². The first-order chi connectivity index (χ1) is 11.5. The number of pyridine rings is 1. The minimum Gasteiger partial charge on any atom is -0.493 e. The second kappa shape index (κ2) is 11.5. The molecule has 1 aromatic heterocycles. The van der Waals surface area contributed by atoms with E-state index in [-0.39, 0.29) is 37.3 Å². The molecular weight excluding hydrogens is 381 g/mol. The largest absolute Gasteiger partial charge is 0.493 e. The zero-order valence-corrected chi connectivity index (χ0v) is 16.4. The number of aryl methyl sites for hydroxylation is 1. The van der Waals surface area contributed by atoms with Gasteiger partial charge in [0, 0.05) is 13.2 Å². The Balaban J connectivity index is 0.00000312. The molecule has 7 nitrogen and oxygen atoms in total. The Labute approximate surface area is 165 Å². The zero-order valence-electron chi connectivity index (χ0n) is 14.7. The smallest absolute Gasteiger partial charge is 0.243 e. The van der Waals surface area contributed by atoms with Crippen LogP contribution in [0.5, 0.6) is 17.4 Å². The summed E-state index contributed by atoms with van der Waals surface area (Å²) in [7, 11) is 3.07. The summed E-state index contributed by atoms with van der Waals surface area (Å²) in [5.41, 5.74) is 7.25. The molecule has 0 radical (unpaired) electrons. The molecule has 1 atom stereocenters. The number of methoxy groups -OCH3 is 2. The first kappa shape index (κ1) is 23.9. The molecule has 0 bridgehead atoms. The van der Waals surface area contributed by atoms with Gasteiger partial charge in [-0.1, -0.05) is 6.07 Å². The van der Waals surface area contributed by atoms with Crippen LogP contribution in [0.25, 0.3) is 0 Å². The van der Waals surface area contributed by atoms with E-state index in [0.29, 0.717) is 23.1 Å². The second-order valence-corrected chi connectivity index (χ2v) is 5.19. The lowest BCUT2D eigenvalue weighted by atomic mass is 10.2. The van der Waals surface area contributed by atoms with Crippen LogP contribution in [0.4, 0.5) is 5.69 Å². The fourth-order valence-electron chi connectivity index (χ4n) is 1.98. The third-order valence-corrected chi connectivity index (χ3v) is 3.22. The molecule has 1 heterocycles. The van der Waals surface area contributed by atoms with Crippen molar-refractivity contribution in [3.05, 3.63) is 42.1 Å². The summed E-state index contributed by atoms with van der Waals surface area (Å²) in [6.45, 7) is 2.12. The number of hydrogen-bond acceptors (Lipinski definition) is 6. The maximum Gasteiger partial charge on any atom is 0.243 e. The van der Waals surface area contributed by atoms with E-state index in [0.717, 1.165) is 5.56 Å². The number of nitrogens with zero attached hydrogens (tertiary/aromatic N) is 1. The highest BCUT2D eigenvalue weighted by Gasteiger charge is 2.13. The molecule has 2 rings (SSSR count). The number of carbonyl (C=O) groups is 1. The molecular formula is C17H23Cl2N3O4. The third kappa shape index (κ3) is 6.68. The number of halogens is 2. The average Bonchev–Trinajstić information content (AvgIpc) is 2.58. The molecule has 0 saturated carbocycles. The first-order valence-electron chi connectivity index (χ1n) is 7.37. The number of aromatic nitrogens is 1. The van der Waals surface area contributed by atoms with E-state index in [9.17, 15) is 4.79 Å². The van der Waals surface area contributed by atoms with E-state index in [1.165, 1.54) is 13.3 Å². The van der Waals surface area contributed by atoms with Crippen molar-refractivity contribution in [2.75, 3.05) is 26.1 Å². The zero-order chi connectivity index (χ0) is 17.5. The van der Waals surface area contributed by atoms with E-state index in [1.54, 1.807) is 19.2 Å². The summed E-state index contributed by atoms with van der Waals surface area (Å²) in [6.07, 6.45) is 1.49. The summed E-state index contributed by atoms with van der Waals surface area (Å²) >= 11 is 0. The number of ether oxygens (including phenoxy) is 3. The van der Waals surface area contributed by atoms with Crippen molar-refractivity contribution >= 4 is 36.4 Å². The lowest BCUT2D eigenvalue weighted by Crippen LogP contribution is -2.39. The number of carbonyl (C=O) groups excluding carboxylic acids is 1. The molecule has 26 heavy (non-hydrogen) atoms. The predicted octanol–water partition coefficient (Wildman–Crippen LogP) is 2.95. The van der Waals surface area contributed by atoms with Gasteiger partial charge in [-0.25, -0.2) is 4.98 Å². The molecule has 1 unspecified atom stereocenters. The van der Waals surface area contributed by atoms with E-state index < -0.39 is 6.04 Å². The number of nitrogens with two attached hydrogens (primary N) is 1. The average molecular weight is 404 g/mol. The van der Waals surface area contributed by atoms with Crippen molar-refractivity contribution in [1.82, 2.24) is 4.98 Å². The Morgan fingerprint density at radius 1 is 1.19 bits per heavy atom. The van der Waals surface area contributed by atoms with Gasteiger partial charge in [-0.05, 0) is 30.7 Å². The molecule has 144 valence electrons. The Morgan fingerprint density at radius 2 is 1.92 bits per heavy atom. The fourth-order valence-corrected chi connectivity index (χ4v) is 1.98. The third-order valence-electron chi connectivity index (χ3n) is 3.22. The lowest BCUT2D eigenvalue weighted by Gasteiger charge is -2.12. The van der Waals surface area contributed by atoms with Gasteiger partial charge in [0.25, 0.3) is 0 Å². The summed E-state index contributed by atoms with van der Waals surface area (Å²) in [6, 6.07) is 8.21. The molecule has 1 amide bonds. The minimum absolute atomic E-state index is 0. The van der Waals surface area contributed by atoms with Crippen LogP contribution in [0.15, 0.2) is 36.5 Å². The van der Waals surface area contributed by atoms with Crippen LogP contribution in [0.3, 0.4) is 0 Å². The van der Waals surface area contributed by atoms with Crippen LogP contribution in [0, 0.1) is 6.92 Å². The van der Waals surface area contributed by atoms with Crippen LogP contribution in [0.1, 0.15) is 5.56 Å². The van der Waals surface area contributed by atoms with Gasteiger partial charge in [0.1, 0.15) is 6.04 Å². The van der Waals surface area contributed by atoms with Crippen molar-refractivity contribution in [2.45, 2.75) is 13.0 Å². The maximum atomic E-state index is 11.8. The topological polar surface area (TPSA) is 95.7 Å². The Hall–Kier alpha value is -2.06. The SMILES string of the molecule is COCC(N)C(=O)Nc1ccc(Oc2ccc(C)cc2OC)nc1.Cl.Cl. The van der Waals surface area contributed by atoms with E-state index in [1.807, 2.05) is 25.1 Å². The molecule has 0 fully saturated rings. The summed E-state index contributed by atoms with van der Waals surface area (Å²) < 4.78 is 15.8. The number of anilines is 1. The van der Waals surface area contributed by atoms with Crippen molar-refractivity contribution in [2.24, 2.45) is 5.73 Å². The molecule has 0 saturated heterocycles. The van der Waals surface area contributed by atoms with Gasteiger partial charge < -0.3 is 25.3 Å². The molecule has 3 N–H and O–H groups in total. The lowest BCUT2D eigenvalue weighted by molar-refractivity contribution is -0.118. The fraction of sp³-hybridized carbons (Fsp3) is 0.294. The summed E-state index contributed by atoms with van der Waals surface area (Å²) in [4.78, 5) is 16.0. The van der Waals surface area contributed by atoms with Gasteiger partial charge >= 0.3 is 0 Å². The molecule has 0 aliphatic rings. The van der Waals surface area contributed by atoms with Crippen LogP contribution < -0.4 is 20.5 Å². The Morgan fingerprint density at radius 3 is 2.50 bits per heavy atom. The van der Waals surface area contributed by atoms with Crippen molar-refractivity contribution in [1.29, 1.82) is 0 Å². The van der Waals surface area contributed by atoms with Gasteiger partial charge in [0.2, 0.25) is 11.8 Å². The van der Waals surface area contributed by atoms with Gasteiger partial charge in [-0.2, -0.15) is 0 Å². The second-order valence-electron chi connectivity index (χ2n) is 5.19. The minimum atomic E-state index is -0.734. The quantitative estimate of drug-likeness (QED) is 0.737. The number of hydrogen-bond donors (Lipinski definition) is 2. The Bertz CT molecular complexity index is 699. The normalized spacial score (nSPS) is 10.8. The molecule has 0 aliphatic carbocycles. The standard InChI is InChI=1S/C17H21N3O4.2ClH/c1-11-4-6-14(15(8-11)23-3)24-16-7-5-12(9-19-16)20-17(21)13(18)10-22-2;;/h4-9,13H,10,18H2,1-3H3,(H,20,21);2*1H. The first-order valence-corrected chi connectivity index (χ1v) is 7.37. The van der Waals surface area contributed by atoms with Gasteiger partial charge in [-0.3, -0.25) is 4.79 Å². The molecule has 1 aromatic carbocycles. The Kier molecular flexibility index (Phi) is 10.6. The maximum absolute atomic E-state index is 11.8. The molecule has 0 aliphatic heterocycles. The van der Waals surface area contributed by atoms with Crippen molar-refractivity contribution in [3.63, 3.8) is 0 Å². The highest BCUT2D eigenvalue weighted by atomic mass is 35.5. The molecule has 2 aromatic rings. The molecule has 9 heteroatoms.